The normalized spacial score (nSPS) is 10.3. The Morgan fingerprint density at radius 3 is 2.31 bits per heavy atom. The smallest absolute Gasteiger partial charge is 0.423 e. The monoisotopic (exact) mass is 270 g/mol. The summed E-state index contributed by atoms with van der Waals surface area (Å²) in [7, 11) is -2.02. The molecule has 13 heavy (non-hydrogen) atoms. The third kappa shape index (κ3) is 2.02. The summed E-state index contributed by atoms with van der Waals surface area (Å²) in [5.41, 5.74) is -0.474. The Kier molecular flexibility index (Phi) is 3.29. The number of hydrogen-bond donors (Lipinski definition) is 2. The van der Waals surface area contributed by atoms with Crippen LogP contribution in [0.4, 0.5) is 8.78 Å². The van der Waals surface area contributed by atoms with Crippen LogP contribution in [0.15, 0.2) is 10.5 Å². The van der Waals surface area contributed by atoms with Gasteiger partial charge in [0.2, 0.25) is 0 Å². The number of halogens is 4. The van der Waals surface area contributed by atoms with Crippen LogP contribution in [0.25, 0.3) is 0 Å². The molecule has 70 valence electrons. The second-order valence-electron chi connectivity index (χ2n) is 2.26. The van der Waals surface area contributed by atoms with E-state index in [0.717, 1.165) is 6.07 Å². The molecule has 0 fully saturated rings. The Morgan fingerprint density at radius 2 is 1.85 bits per heavy atom. The zero-order valence-electron chi connectivity index (χ0n) is 6.06. The van der Waals surface area contributed by atoms with Crippen molar-refractivity contribution in [2.45, 2.75) is 0 Å². The summed E-state index contributed by atoms with van der Waals surface area (Å²) in [6.07, 6.45) is 0. The average Bonchev–Trinajstić information content (AvgIpc) is 2.07. The van der Waals surface area contributed by atoms with E-state index in [-0.39, 0.29) is 4.47 Å². The topological polar surface area (TPSA) is 40.5 Å². The third-order valence-corrected chi connectivity index (χ3v) is 2.32. The van der Waals surface area contributed by atoms with E-state index in [1.54, 1.807) is 0 Å². The van der Waals surface area contributed by atoms with Crippen molar-refractivity contribution in [1.29, 1.82) is 0 Å². The molecule has 0 saturated heterocycles. The molecule has 1 aromatic carbocycles. The molecule has 0 aliphatic rings. The first-order valence-corrected chi connectivity index (χ1v) is 4.31. The van der Waals surface area contributed by atoms with Crippen LogP contribution in [0, 0.1) is 11.6 Å². The van der Waals surface area contributed by atoms with Crippen LogP contribution in [-0.2, 0) is 0 Å². The van der Waals surface area contributed by atoms with Gasteiger partial charge >= 0.3 is 7.12 Å². The van der Waals surface area contributed by atoms with Gasteiger partial charge in [0.1, 0.15) is 10.8 Å². The maximum absolute atomic E-state index is 13.0. The number of hydrogen-bond acceptors (Lipinski definition) is 2. The summed E-state index contributed by atoms with van der Waals surface area (Å²) in [5.74, 6) is -2.14. The van der Waals surface area contributed by atoms with E-state index in [2.05, 4.69) is 15.9 Å². The minimum absolute atomic E-state index is 0.123. The van der Waals surface area contributed by atoms with Gasteiger partial charge in [0.25, 0.3) is 0 Å². The molecule has 1 rings (SSSR count). The summed E-state index contributed by atoms with van der Waals surface area (Å²) in [6, 6.07) is 0.918. The molecule has 0 spiro atoms. The van der Waals surface area contributed by atoms with Gasteiger partial charge in [0, 0.05) is 5.46 Å². The van der Waals surface area contributed by atoms with Crippen LogP contribution in [0.5, 0.6) is 0 Å². The summed E-state index contributed by atoms with van der Waals surface area (Å²) in [5, 5.41) is 16.5. The summed E-state index contributed by atoms with van der Waals surface area (Å²) >= 11 is 7.98. The number of benzene rings is 1. The predicted octanol–water partition coefficient (Wildman–Crippen LogP) is 1.06. The molecule has 0 unspecified atom stereocenters. The van der Waals surface area contributed by atoms with Crippen molar-refractivity contribution in [1.82, 2.24) is 0 Å². The van der Waals surface area contributed by atoms with Crippen molar-refractivity contribution >= 4 is 40.1 Å². The van der Waals surface area contributed by atoms with Crippen LogP contribution < -0.4 is 5.46 Å². The van der Waals surface area contributed by atoms with Crippen molar-refractivity contribution < 1.29 is 18.8 Å². The fourth-order valence-electron chi connectivity index (χ4n) is 0.779. The zero-order chi connectivity index (χ0) is 10.2. The molecule has 2 N–H and O–H groups in total. The third-order valence-electron chi connectivity index (χ3n) is 1.41. The van der Waals surface area contributed by atoms with Crippen molar-refractivity contribution in [3.8, 4) is 0 Å². The molecule has 0 radical (unpaired) electrons. The molecule has 0 bridgehead atoms. The minimum Gasteiger partial charge on any atom is -0.423 e. The molecular weight excluding hydrogens is 268 g/mol. The van der Waals surface area contributed by atoms with Gasteiger partial charge in [-0.2, -0.15) is 0 Å². The minimum atomic E-state index is -2.02. The van der Waals surface area contributed by atoms with Gasteiger partial charge < -0.3 is 10.0 Å². The van der Waals surface area contributed by atoms with Gasteiger partial charge in [0.05, 0.1) is 4.47 Å². The second-order valence-corrected chi connectivity index (χ2v) is 3.50. The maximum atomic E-state index is 13.0. The van der Waals surface area contributed by atoms with E-state index in [1.165, 1.54) is 0 Å². The lowest BCUT2D eigenvalue weighted by Crippen LogP contribution is -2.33. The molecule has 0 aliphatic heterocycles. The van der Waals surface area contributed by atoms with Gasteiger partial charge in [0.15, 0.2) is 5.82 Å². The zero-order valence-corrected chi connectivity index (χ0v) is 8.40. The molecule has 0 saturated carbocycles. The van der Waals surface area contributed by atoms with E-state index < -0.39 is 29.2 Å². The molecule has 0 aromatic heterocycles. The molecule has 0 heterocycles. The first-order chi connectivity index (χ1) is 5.95. The van der Waals surface area contributed by atoms with Gasteiger partial charge in [-0.15, -0.1) is 0 Å². The van der Waals surface area contributed by atoms with Crippen molar-refractivity contribution in [3.05, 3.63) is 27.2 Å². The van der Waals surface area contributed by atoms with Crippen molar-refractivity contribution in [2.75, 3.05) is 0 Å². The lowest BCUT2D eigenvalue weighted by Gasteiger charge is -2.05. The first-order valence-electron chi connectivity index (χ1n) is 3.14. The van der Waals surface area contributed by atoms with Gasteiger partial charge in [-0.1, -0.05) is 11.6 Å². The largest absolute Gasteiger partial charge is 0.491 e. The summed E-state index contributed by atoms with van der Waals surface area (Å²) < 4.78 is 25.7. The second kappa shape index (κ2) is 3.92. The predicted molar refractivity (Wildman–Crippen MR) is 48.9 cm³/mol. The van der Waals surface area contributed by atoms with Crippen molar-refractivity contribution in [3.63, 3.8) is 0 Å². The Balaban J connectivity index is 3.41. The molecule has 0 aliphatic carbocycles. The quantitative estimate of drug-likeness (QED) is 0.455. The van der Waals surface area contributed by atoms with Crippen LogP contribution in [0.3, 0.4) is 0 Å². The fourth-order valence-corrected chi connectivity index (χ4v) is 1.55. The van der Waals surface area contributed by atoms with Gasteiger partial charge in [-0.05, 0) is 22.0 Å². The average molecular weight is 271 g/mol. The molecule has 0 amide bonds. The van der Waals surface area contributed by atoms with E-state index in [9.17, 15) is 8.78 Å². The first kappa shape index (κ1) is 10.9. The van der Waals surface area contributed by atoms with Crippen molar-refractivity contribution in [2.24, 2.45) is 0 Å². The lowest BCUT2D eigenvalue weighted by molar-refractivity contribution is 0.422. The Morgan fingerprint density at radius 1 is 1.31 bits per heavy atom. The fraction of sp³-hybridized carbons (Fsp3) is 0. The highest BCUT2D eigenvalue weighted by atomic mass is 79.9. The molecule has 7 heteroatoms. The lowest BCUT2D eigenvalue weighted by atomic mass is 9.80. The van der Waals surface area contributed by atoms with Crippen LogP contribution in [0.1, 0.15) is 0 Å². The Labute approximate surface area is 86.4 Å². The van der Waals surface area contributed by atoms with E-state index in [4.69, 9.17) is 21.6 Å². The summed E-state index contributed by atoms with van der Waals surface area (Å²) in [6.45, 7) is 0. The Hall–Kier alpha value is -0.165. The Bertz CT molecular complexity index is 348. The standard InChI is InChI=1S/C6H3BBrClF2O2/c8-3-1-2(7(12)13)5(10)4(9)6(3)11/h1,12-13H. The molecule has 2 nitrogen and oxygen atoms in total. The van der Waals surface area contributed by atoms with E-state index in [0.29, 0.717) is 0 Å². The van der Waals surface area contributed by atoms with Crippen LogP contribution >= 0.6 is 27.5 Å². The van der Waals surface area contributed by atoms with Gasteiger partial charge in [-0.3, -0.25) is 0 Å². The molecular formula is C6H3BBrClF2O2. The van der Waals surface area contributed by atoms with Crippen LogP contribution in [0.2, 0.25) is 5.02 Å². The molecule has 1 aromatic rings. The maximum Gasteiger partial charge on any atom is 0.491 e. The van der Waals surface area contributed by atoms with Crippen LogP contribution in [-0.4, -0.2) is 17.2 Å². The van der Waals surface area contributed by atoms with E-state index >= 15 is 0 Å². The highest BCUT2D eigenvalue weighted by Gasteiger charge is 2.22. The highest BCUT2D eigenvalue weighted by Crippen LogP contribution is 2.24. The number of rotatable bonds is 1. The van der Waals surface area contributed by atoms with E-state index in [1.807, 2.05) is 0 Å². The SMILES string of the molecule is OB(O)c1cc(Br)c(F)c(Cl)c1F. The molecule has 0 atom stereocenters. The highest BCUT2D eigenvalue weighted by molar-refractivity contribution is 9.10. The van der Waals surface area contributed by atoms with Gasteiger partial charge in [-0.25, -0.2) is 8.78 Å². The summed E-state index contributed by atoms with van der Waals surface area (Å²) in [4.78, 5) is 0.